The number of hydrogen-bond acceptors (Lipinski definition) is 3. The highest BCUT2D eigenvalue weighted by Gasteiger charge is 2.69. The summed E-state index contributed by atoms with van der Waals surface area (Å²) in [7, 11) is 0. The number of rotatable bonds is 1. The van der Waals surface area contributed by atoms with E-state index in [0.29, 0.717) is 17.3 Å². The van der Waals surface area contributed by atoms with E-state index in [-0.39, 0.29) is 28.6 Å². The first kappa shape index (κ1) is 17.4. The van der Waals surface area contributed by atoms with Gasteiger partial charge in [0.25, 0.3) is 11.6 Å². The first-order chi connectivity index (χ1) is 11.2. The van der Waals surface area contributed by atoms with Gasteiger partial charge in [-0.3, -0.25) is 4.79 Å². The Morgan fingerprint density at radius 2 is 1.96 bits per heavy atom. The van der Waals surface area contributed by atoms with Crippen molar-refractivity contribution in [2.24, 2.45) is 16.9 Å². The van der Waals surface area contributed by atoms with Crippen LogP contribution in [0.5, 0.6) is 0 Å². The van der Waals surface area contributed by atoms with Crippen molar-refractivity contribution in [2.45, 2.75) is 38.1 Å². The van der Waals surface area contributed by atoms with Crippen molar-refractivity contribution in [1.82, 2.24) is 5.01 Å². The van der Waals surface area contributed by atoms with Crippen LogP contribution in [0.3, 0.4) is 0 Å². The fourth-order valence-corrected chi connectivity index (χ4v) is 3.68. The Balaban J connectivity index is 2.06. The van der Waals surface area contributed by atoms with Crippen molar-refractivity contribution in [2.75, 3.05) is 0 Å². The Bertz CT molecular complexity index is 690. The molecule has 3 rings (SSSR count). The van der Waals surface area contributed by atoms with Gasteiger partial charge in [0.05, 0.1) is 5.92 Å². The average molecular weight is 405 g/mol. The lowest BCUT2D eigenvalue weighted by atomic mass is 9.75. The number of alkyl halides is 3. The third-order valence-corrected chi connectivity index (χ3v) is 5.25. The zero-order valence-electron chi connectivity index (χ0n) is 12.8. The number of hydrogen-bond donors (Lipinski definition) is 1. The van der Waals surface area contributed by atoms with Crippen LogP contribution in [0, 0.1) is 11.8 Å². The van der Waals surface area contributed by atoms with Crippen molar-refractivity contribution >= 4 is 27.5 Å². The summed E-state index contributed by atoms with van der Waals surface area (Å²) in [5, 5.41) is 14.7. The molecule has 1 N–H and O–H groups in total. The number of carbonyl (C=O) groups is 1. The predicted octanol–water partition coefficient (Wildman–Crippen LogP) is 3.95. The van der Waals surface area contributed by atoms with E-state index >= 15 is 0 Å². The fraction of sp³-hybridized carbons (Fsp3) is 0.500. The normalized spacial score (nSPS) is 30.1. The van der Waals surface area contributed by atoms with Gasteiger partial charge in [-0.05, 0) is 43.0 Å². The van der Waals surface area contributed by atoms with Crippen molar-refractivity contribution in [3.05, 3.63) is 34.3 Å². The summed E-state index contributed by atoms with van der Waals surface area (Å²) in [6.45, 7) is 1.77. The molecule has 0 saturated heterocycles. The number of benzene rings is 1. The Labute approximate surface area is 145 Å². The lowest BCUT2D eigenvalue weighted by Gasteiger charge is -2.39. The molecule has 2 aliphatic rings. The Hall–Kier alpha value is -1.41. The van der Waals surface area contributed by atoms with Crippen LogP contribution in [0.4, 0.5) is 13.2 Å². The zero-order chi connectivity index (χ0) is 17.7. The van der Waals surface area contributed by atoms with Crippen LogP contribution in [0.1, 0.15) is 36.5 Å². The van der Waals surface area contributed by atoms with Crippen molar-refractivity contribution in [1.29, 1.82) is 0 Å². The minimum absolute atomic E-state index is 0.0384. The van der Waals surface area contributed by atoms with Gasteiger partial charge in [-0.1, -0.05) is 29.3 Å². The molecule has 4 nitrogen and oxygen atoms in total. The molecule has 1 aromatic rings. The summed E-state index contributed by atoms with van der Waals surface area (Å²) in [6.07, 6.45) is -3.58. The smallest absolute Gasteiger partial charge is 0.362 e. The molecule has 1 aliphatic heterocycles. The maximum Gasteiger partial charge on any atom is 0.439 e. The van der Waals surface area contributed by atoms with Gasteiger partial charge in [0.2, 0.25) is 0 Å². The first-order valence-electron chi connectivity index (χ1n) is 7.64. The largest absolute Gasteiger partial charge is 0.439 e. The SMILES string of the molecule is C[C@@H]1CCC[C@H]2C1=NN(C(=O)c1ccc(Br)cc1)[C@@]2(O)C(F)(F)F. The van der Waals surface area contributed by atoms with Crippen molar-refractivity contribution in [3.63, 3.8) is 0 Å². The highest BCUT2D eigenvalue weighted by Crippen LogP contribution is 2.49. The molecule has 3 atom stereocenters. The van der Waals surface area contributed by atoms with Gasteiger partial charge in [0, 0.05) is 15.7 Å². The molecule has 1 saturated carbocycles. The van der Waals surface area contributed by atoms with E-state index in [9.17, 15) is 23.1 Å². The van der Waals surface area contributed by atoms with E-state index in [1.165, 1.54) is 12.1 Å². The van der Waals surface area contributed by atoms with E-state index in [4.69, 9.17) is 0 Å². The summed E-state index contributed by atoms with van der Waals surface area (Å²) in [5.41, 5.74) is -3.00. The van der Waals surface area contributed by atoms with Crippen LogP contribution in [0.2, 0.25) is 0 Å². The summed E-state index contributed by atoms with van der Waals surface area (Å²) >= 11 is 3.21. The number of fused-ring (bicyclic) bond motifs is 1. The predicted molar refractivity (Wildman–Crippen MR) is 85.3 cm³/mol. The molecule has 1 aromatic carbocycles. The van der Waals surface area contributed by atoms with E-state index in [1.807, 2.05) is 0 Å². The molecular formula is C16H16BrF3N2O2. The zero-order valence-corrected chi connectivity index (χ0v) is 14.4. The highest BCUT2D eigenvalue weighted by atomic mass is 79.9. The van der Waals surface area contributed by atoms with Gasteiger partial charge in [0.1, 0.15) is 0 Å². The monoisotopic (exact) mass is 404 g/mol. The van der Waals surface area contributed by atoms with Crippen molar-refractivity contribution < 1.29 is 23.1 Å². The molecule has 0 radical (unpaired) electrons. The van der Waals surface area contributed by atoms with Crippen LogP contribution < -0.4 is 0 Å². The van der Waals surface area contributed by atoms with Gasteiger partial charge in [-0.25, -0.2) is 0 Å². The Kier molecular flexibility index (Phi) is 4.24. The standard InChI is InChI=1S/C16H16BrF3N2O2/c1-9-3-2-4-12-13(9)21-22(15(12,24)16(18,19)20)14(23)10-5-7-11(17)8-6-10/h5-9,12,24H,2-4H2,1H3/t9-,12+,15+/m1/s1. The molecule has 0 spiro atoms. The average Bonchev–Trinajstić information content (AvgIpc) is 2.83. The Morgan fingerprint density at radius 1 is 1.33 bits per heavy atom. The van der Waals surface area contributed by atoms with E-state index in [2.05, 4.69) is 21.0 Å². The molecule has 0 bridgehead atoms. The number of amides is 1. The van der Waals surface area contributed by atoms with Crippen LogP contribution in [-0.2, 0) is 0 Å². The van der Waals surface area contributed by atoms with Gasteiger partial charge >= 0.3 is 6.18 Å². The minimum Gasteiger partial charge on any atom is -0.362 e. The number of nitrogens with zero attached hydrogens (tertiary/aromatic N) is 2. The van der Waals surface area contributed by atoms with Crippen LogP contribution in [0.15, 0.2) is 33.8 Å². The topological polar surface area (TPSA) is 52.9 Å². The number of halogens is 4. The molecular weight excluding hydrogens is 389 g/mol. The van der Waals surface area contributed by atoms with Gasteiger partial charge < -0.3 is 5.11 Å². The lowest BCUT2D eigenvalue weighted by Crippen LogP contribution is -2.61. The molecule has 0 aromatic heterocycles. The number of aliphatic hydroxyl groups is 1. The summed E-state index contributed by atoms with van der Waals surface area (Å²) in [4.78, 5) is 12.6. The fourth-order valence-electron chi connectivity index (χ4n) is 3.42. The van der Waals surface area contributed by atoms with Crippen LogP contribution >= 0.6 is 15.9 Å². The first-order valence-corrected chi connectivity index (χ1v) is 8.43. The Morgan fingerprint density at radius 3 is 2.54 bits per heavy atom. The minimum atomic E-state index is -5.00. The summed E-state index contributed by atoms with van der Waals surface area (Å²) < 4.78 is 41.8. The van der Waals surface area contributed by atoms with E-state index in [0.717, 1.165) is 0 Å². The second kappa shape index (κ2) is 5.84. The van der Waals surface area contributed by atoms with E-state index < -0.39 is 23.7 Å². The van der Waals surface area contributed by atoms with Gasteiger partial charge in [0.15, 0.2) is 0 Å². The van der Waals surface area contributed by atoms with E-state index in [1.54, 1.807) is 19.1 Å². The van der Waals surface area contributed by atoms with Crippen molar-refractivity contribution in [3.8, 4) is 0 Å². The molecule has 24 heavy (non-hydrogen) atoms. The number of carbonyl (C=O) groups excluding carboxylic acids is 1. The molecule has 1 fully saturated rings. The maximum absolute atomic E-state index is 13.7. The second-order valence-corrected chi connectivity index (χ2v) is 7.17. The molecule has 1 amide bonds. The summed E-state index contributed by atoms with van der Waals surface area (Å²) in [6, 6.07) is 5.90. The van der Waals surface area contributed by atoms with Crippen LogP contribution in [0.25, 0.3) is 0 Å². The van der Waals surface area contributed by atoms with Crippen LogP contribution in [-0.4, -0.2) is 33.6 Å². The highest BCUT2D eigenvalue weighted by molar-refractivity contribution is 9.10. The maximum atomic E-state index is 13.7. The molecule has 1 heterocycles. The molecule has 130 valence electrons. The molecule has 1 aliphatic carbocycles. The van der Waals surface area contributed by atoms with Gasteiger partial charge in [-0.15, -0.1) is 0 Å². The molecule has 8 heteroatoms. The number of hydrazone groups is 1. The van der Waals surface area contributed by atoms with Gasteiger partial charge in [-0.2, -0.15) is 23.3 Å². The third kappa shape index (κ3) is 2.56. The summed E-state index contributed by atoms with van der Waals surface area (Å²) in [5.74, 6) is -2.36. The quantitative estimate of drug-likeness (QED) is 0.770. The second-order valence-electron chi connectivity index (χ2n) is 6.26. The lowest BCUT2D eigenvalue weighted by molar-refractivity contribution is -0.312. The molecule has 0 unspecified atom stereocenters. The third-order valence-electron chi connectivity index (χ3n) is 4.72.